The van der Waals surface area contributed by atoms with E-state index in [1.54, 1.807) is 18.9 Å². The van der Waals surface area contributed by atoms with Crippen LogP contribution < -0.4 is 0 Å². The molecule has 1 amide bonds. The number of aromatic amines is 1. The number of benzene rings is 1. The predicted molar refractivity (Wildman–Crippen MR) is 103 cm³/mol. The summed E-state index contributed by atoms with van der Waals surface area (Å²) in [6.45, 7) is 4.49. The van der Waals surface area contributed by atoms with E-state index in [0.29, 0.717) is 29.9 Å². The van der Waals surface area contributed by atoms with Crippen LogP contribution in [0.4, 0.5) is 0 Å². The highest BCUT2D eigenvalue weighted by Gasteiger charge is 2.26. The first kappa shape index (κ1) is 19.8. The lowest BCUT2D eigenvalue weighted by Crippen LogP contribution is -2.29. The molecule has 2 rings (SSSR count). The maximum Gasteiger partial charge on any atom is 0.339 e. The van der Waals surface area contributed by atoms with E-state index >= 15 is 0 Å². The lowest BCUT2D eigenvalue weighted by molar-refractivity contribution is 0.0599. The van der Waals surface area contributed by atoms with Crippen LogP contribution in [0.2, 0.25) is 0 Å². The van der Waals surface area contributed by atoms with E-state index in [-0.39, 0.29) is 5.91 Å². The Hall–Kier alpha value is -2.56. The van der Waals surface area contributed by atoms with Crippen molar-refractivity contribution in [2.75, 3.05) is 20.7 Å². The first-order valence-electron chi connectivity index (χ1n) is 9.08. The zero-order valence-electron chi connectivity index (χ0n) is 16.1. The average Bonchev–Trinajstić information content (AvgIpc) is 2.97. The third-order valence-electron chi connectivity index (χ3n) is 4.54. The molecule has 0 fully saturated rings. The van der Waals surface area contributed by atoms with Gasteiger partial charge in [0.15, 0.2) is 0 Å². The van der Waals surface area contributed by atoms with Crippen LogP contribution in [0.5, 0.6) is 0 Å². The number of carbonyl (C=O) groups is 2. The van der Waals surface area contributed by atoms with Gasteiger partial charge in [-0.05, 0) is 37.3 Å². The molecule has 0 radical (unpaired) electrons. The normalized spacial score (nSPS) is 10.6. The van der Waals surface area contributed by atoms with Crippen LogP contribution in [0.15, 0.2) is 30.3 Å². The number of aryl methyl sites for hydroxylation is 2. The number of hydrogen-bond acceptors (Lipinski definition) is 3. The smallest absolute Gasteiger partial charge is 0.339 e. The van der Waals surface area contributed by atoms with E-state index in [9.17, 15) is 9.59 Å². The van der Waals surface area contributed by atoms with Crippen molar-refractivity contribution in [3.8, 4) is 0 Å². The number of carbonyl (C=O) groups excluding carboxylic acids is 2. The van der Waals surface area contributed by atoms with Gasteiger partial charge in [-0.2, -0.15) is 0 Å². The summed E-state index contributed by atoms with van der Waals surface area (Å²) in [5, 5.41) is 0. The Balaban J connectivity index is 2.11. The Labute approximate surface area is 155 Å². The Morgan fingerprint density at radius 1 is 1.15 bits per heavy atom. The van der Waals surface area contributed by atoms with Gasteiger partial charge in [0, 0.05) is 19.3 Å². The lowest BCUT2D eigenvalue weighted by Gasteiger charge is -2.17. The maximum absolute atomic E-state index is 12.9. The van der Waals surface area contributed by atoms with E-state index in [0.717, 1.165) is 24.8 Å². The summed E-state index contributed by atoms with van der Waals surface area (Å²) in [6.07, 6.45) is 3.32. The summed E-state index contributed by atoms with van der Waals surface area (Å²) in [4.78, 5) is 29.8. The maximum atomic E-state index is 12.9. The fourth-order valence-corrected chi connectivity index (χ4v) is 3.20. The molecule has 5 nitrogen and oxygen atoms in total. The quantitative estimate of drug-likeness (QED) is 0.733. The highest BCUT2D eigenvalue weighted by atomic mass is 16.5. The van der Waals surface area contributed by atoms with Gasteiger partial charge in [0.05, 0.1) is 12.7 Å². The van der Waals surface area contributed by atoms with Crippen molar-refractivity contribution >= 4 is 11.9 Å². The molecule has 140 valence electrons. The highest BCUT2D eigenvalue weighted by Crippen LogP contribution is 2.23. The summed E-state index contributed by atoms with van der Waals surface area (Å²) >= 11 is 0. The Morgan fingerprint density at radius 2 is 1.85 bits per heavy atom. The predicted octanol–water partition coefficient (Wildman–Crippen LogP) is 3.77. The zero-order valence-corrected chi connectivity index (χ0v) is 16.1. The number of hydrogen-bond donors (Lipinski definition) is 1. The monoisotopic (exact) mass is 356 g/mol. The molecule has 1 aromatic carbocycles. The van der Waals surface area contributed by atoms with Gasteiger partial charge in [-0.3, -0.25) is 4.79 Å². The summed E-state index contributed by atoms with van der Waals surface area (Å²) in [6, 6.07) is 10.2. The molecule has 1 N–H and O–H groups in total. The number of methoxy groups -OCH3 is 1. The van der Waals surface area contributed by atoms with Crippen LogP contribution in [0.25, 0.3) is 0 Å². The minimum absolute atomic E-state index is 0.0836. The molecule has 0 saturated heterocycles. The van der Waals surface area contributed by atoms with E-state index in [1.807, 2.05) is 25.1 Å². The third kappa shape index (κ3) is 4.54. The summed E-state index contributed by atoms with van der Waals surface area (Å²) in [7, 11) is 3.17. The molecule has 1 aromatic heterocycles. The molecule has 0 atom stereocenters. The molecule has 0 aliphatic carbocycles. The number of esters is 1. The first-order chi connectivity index (χ1) is 12.5. The van der Waals surface area contributed by atoms with Crippen LogP contribution >= 0.6 is 0 Å². The highest BCUT2D eigenvalue weighted by molar-refractivity contribution is 6.00. The number of ether oxygens (including phenoxy) is 1. The van der Waals surface area contributed by atoms with Crippen LogP contribution in [0.1, 0.15) is 57.4 Å². The molecule has 0 saturated carbocycles. The van der Waals surface area contributed by atoms with Gasteiger partial charge in [0.2, 0.25) is 0 Å². The second-order valence-corrected chi connectivity index (χ2v) is 6.54. The molecule has 0 bridgehead atoms. The third-order valence-corrected chi connectivity index (χ3v) is 4.54. The van der Waals surface area contributed by atoms with Crippen LogP contribution in [-0.4, -0.2) is 42.5 Å². The molecular formula is C21H28N2O3. The second-order valence-electron chi connectivity index (χ2n) is 6.54. The van der Waals surface area contributed by atoms with Gasteiger partial charge in [0.25, 0.3) is 5.91 Å². The Bertz CT molecular complexity index is 750. The van der Waals surface area contributed by atoms with E-state index < -0.39 is 5.97 Å². The van der Waals surface area contributed by atoms with Crippen molar-refractivity contribution in [2.45, 2.75) is 39.5 Å². The molecular weight excluding hydrogens is 328 g/mol. The summed E-state index contributed by atoms with van der Waals surface area (Å²) in [5.41, 5.74) is 3.71. The Morgan fingerprint density at radius 3 is 2.46 bits per heavy atom. The van der Waals surface area contributed by atoms with Gasteiger partial charge in [0.1, 0.15) is 5.69 Å². The molecule has 26 heavy (non-hydrogen) atoms. The summed E-state index contributed by atoms with van der Waals surface area (Å²) < 4.78 is 4.89. The van der Waals surface area contributed by atoms with Crippen molar-refractivity contribution in [1.82, 2.24) is 9.88 Å². The van der Waals surface area contributed by atoms with Crippen molar-refractivity contribution < 1.29 is 14.3 Å². The SMILES string of the molecule is CCCc1c(C(=O)N(C)CCCc2ccccc2)[nH]c(C)c1C(=O)OC. The number of nitrogens with one attached hydrogen (secondary N) is 1. The van der Waals surface area contributed by atoms with Crippen molar-refractivity contribution in [2.24, 2.45) is 0 Å². The van der Waals surface area contributed by atoms with Gasteiger partial charge in [-0.15, -0.1) is 0 Å². The Kier molecular flexibility index (Phi) is 7.01. The molecule has 2 aromatic rings. The fraction of sp³-hybridized carbons (Fsp3) is 0.429. The van der Waals surface area contributed by atoms with Gasteiger partial charge >= 0.3 is 5.97 Å². The van der Waals surface area contributed by atoms with Crippen molar-refractivity contribution in [3.63, 3.8) is 0 Å². The van der Waals surface area contributed by atoms with Gasteiger partial charge in [-0.25, -0.2) is 4.79 Å². The molecule has 0 aliphatic heterocycles. The van der Waals surface area contributed by atoms with E-state index in [4.69, 9.17) is 4.74 Å². The summed E-state index contributed by atoms with van der Waals surface area (Å²) in [5.74, 6) is -0.479. The minimum Gasteiger partial charge on any atom is -0.465 e. The standard InChI is InChI=1S/C21H28N2O3/c1-5-10-17-18(21(25)26-4)15(2)22-19(17)20(24)23(3)14-9-13-16-11-7-6-8-12-16/h6-8,11-12,22H,5,9-10,13-14H2,1-4H3. The first-order valence-corrected chi connectivity index (χ1v) is 9.08. The van der Waals surface area contributed by atoms with E-state index in [1.165, 1.54) is 12.7 Å². The van der Waals surface area contributed by atoms with Crippen LogP contribution in [0.3, 0.4) is 0 Å². The number of H-pyrrole nitrogens is 1. The molecule has 0 spiro atoms. The number of rotatable bonds is 8. The number of amides is 1. The van der Waals surface area contributed by atoms with E-state index in [2.05, 4.69) is 17.1 Å². The fourth-order valence-electron chi connectivity index (χ4n) is 3.20. The topological polar surface area (TPSA) is 62.4 Å². The molecule has 0 aliphatic rings. The van der Waals surface area contributed by atoms with Crippen molar-refractivity contribution in [3.05, 3.63) is 58.4 Å². The second kappa shape index (κ2) is 9.22. The molecule has 1 heterocycles. The number of aromatic nitrogens is 1. The lowest BCUT2D eigenvalue weighted by atomic mass is 10.0. The molecule has 5 heteroatoms. The van der Waals surface area contributed by atoms with Crippen molar-refractivity contribution in [1.29, 1.82) is 0 Å². The number of nitrogens with zero attached hydrogens (tertiary/aromatic N) is 1. The van der Waals surface area contributed by atoms with Gasteiger partial charge in [-0.1, -0.05) is 43.7 Å². The largest absolute Gasteiger partial charge is 0.465 e. The zero-order chi connectivity index (χ0) is 19.1. The minimum atomic E-state index is -0.395. The van der Waals surface area contributed by atoms with Crippen LogP contribution in [-0.2, 0) is 17.6 Å². The average molecular weight is 356 g/mol. The van der Waals surface area contributed by atoms with Gasteiger partial charge < -0.3 is 14.6 Å². The van der Waals surface area contributed by atoms with Crippen LogP contribution in [0, 0.1) is 6.92 Å². The molecule has 0 unspecified atom stereocenters.